The van der Waals surface area contributed by atoms with E-state index >= 15 is 0 Å². The van der Waals surface area contributed by atoms with Gasteiger partial charge in [0.25, 0.3) is 15.0 Å². The number of rotatable bonds is 6. The summed E-state index contributed by atoms with van der Waals surface area (Å²) in [6.07, 6.45) is -0.200. The van der Waals surface area contributed by atoms with Crippen molar-refractivity contribution in [3.8, 4) is 0 Å². The Balaban J connectivity index is 2.80. The Bertz CT molecular complexity index is 591. The lowest BCUT2D eigenvalue weighted by Crippen LogP contribution is -2.32. The minimum absolute atomic E-state index is 0.200. The van der Waals surface area contributed by atoms with Crippen molar-refractivity contribution in [2.45, 2.75) is 24.8 Å². The van der Waals surface area contributed by atoms with Crippen molar-refractivity contribution in [2.75, 3.05) is 13.2 Å². The molecule has 1 unspecified atom stereocenters. The molecule has 1 atom stereocenters. The van der Waals surface area contributed by atoms with Gasteiger partial charge in [0, 0.05) is 23.8 Å². The van der Waals surface area contributed by atoms with Crippen molar-refractivity contribution in [3.05, 3.63) is 29.6 Å². The Hall–Kier alpha value is -1.18. The van der Waals surface area contributed by atoms with Crippen molar-refractivity contribution in [1.82, 2.24) is 5.32 Å². The average molecular weight is 324 g/mol. The number of carbonyl (C=O) groups is 1. The molecule has 0 fully saturated rings. The molecule has 0 saturated heterocycles. The molecule has 0 aliphatic heterocycles. The highest BCUT2D eigenvalue weighted by Gasteiger charge is 2.17. The summed E-state index contributed by atoms with van der Waals surface area (Å²) >= 11 is 0. The van der Waals surface area contributed by atoms with E-state index in [4.69, 9.17) is 15.4 Å². The summed E-state index contributed by atoms with van der Waals surface area (Å²) in [7, 11) is 1.07. The van der Waals surface area contributed by atoms with Crippen LogP contribution in [0.25, 0.3) is 0 Å². The minimum atomic E-state index is -4.02. The fraction of sp³-hybridized carbons (Fsp3) is 0.417. The SMILES string of the molecule is CCOC(C)CNC(=O)c1ccc(S(=O)(=O)Cl)cc1F. The van der Waals surface area contributed by atoms with Crippen LogP contribution in [0.15, 0.2) is 23.1 Å². The third-order valence-electron chi connectivity index (χ3n) is 2.47. The molecular weight excluding hydrogens is 309 g/mol. The van der Waals surface area contributed by atoms with Crippen LogP contribution in [0.1, 0.15) is 24.2 Å². The number of hydrogen-bond donors (Lipinski definition) is 1. The smallest absolute Gasteiger partial charge is 0.261 e. The molecule has 1 amide bonds. The van der Waals surface area contributed by atoms with Crippen LogP contribution in [0.3, 0.4) is 0 Å². The van der Waals surface area contributed by atoms with Crippen LogP contribution in [0.5, 0.6) is 0 Å². The Morgan fingerprint density at radius 3 is 2.65 bits per heavy atom. The van der Waals surface area contributed by atoms with E-state index in [2.05, 4.69) is 5.32 Å². The maximum atomic E-state index is 13.7. The van der Waals surface area contributed by atoms with Crippen LogP contribution in [-0.4, -0.2) is 33.6 Å². The van der Waals surface area contributed by atoms with Gasteiger partial charge in [-0.05, 0) is 32.0 Å². The fourth-order valence-electron chi connectivity index (χ4n) is 1.51. The van der Waals surface area contributed by atoms with Crippen LogP contribution in [0.4, 0.5) is 4.39 Å². The minimum Gasteiger partial charge on any atom is -0.377 e. The number of amides is 1. The lowest BCUT2D eigenvalue weighted by atomic mass is 10.2. The molecule has 0 bridgehead atoms. The van der Waals surface area contributed by atoms with Gasteiger partial charge in [0.05, 0.1) is 16.6 Å². The summed E-state index contributed by atoms with van der Waals surface area (Å²) in [5.41, 5.74) is -0.252. The molecule has 0 saturated carbocycles. The van der Waals surface area contributed by atoms with Gasteiger partial charge in [-0.1, -0.05) is 0 Å². The summed E-state index contributed by atoms with van der Waals surface area (Å²) in [4.78, 5) is 11.4. The first-order valence-electron chi connectivity index (χ1n) is 5.89. The predicted octanol–water partition coefficient (Wildman–Crippen LogP) is 1.91. The van der Waals surface area contributed by atoms with Crippen LogP contribution >= 0.6 is 10.7 Å². The standard InChI is InChI=1S/C12H15ClFNO4S/c1-3-19-8(2)7-15-12(16)10-5-4-9(6-11(10)14)20(13,17)18/h4-6,8H,3,7H2,1-2H3,(H,15,16). The van der Waals surface area contributed by atoms with Gasteiger partial charge in [0.15, 0.2) is 0 Å². The van der Waals surface area contributed by atoms with Gasteiger partial charge >= 0.3 is 0 Å². The number of hydrogen-bond acceptors (Lipinski definition) is 4. The van der Waals surface area contributed by atoms with Crippen LogP contribution in [0.2, 0.25) is 0 Å². The van der Waals surface area contributed by atoms with E-state index in [9.17, 15) is 17.6 Å². The molecule has 20 heavy (non-hydrogen) atoms. The third-order valence-corrected chi connectivity index (χ3v) is 3.82. The quantitative estimate of drug-likeness (QED) is 0.812. The Kier molecular flexibility index (Phi) is 5.91. The van der Waals surface area contributed by atoms with Crippen molar-refractivity contribution >= 4 is 25.6 Å². The second-order valence-electron chi connectivity index (χ2n) is 4.06. The van der Waals surface area contributed by atoms with E-state index in [1.165, 1.54) is 0 Å². The van der Waals surface area contributed by atoms with Crippen molar-refractivity contribution in [3.63, 3.8) is 0 Å². The van der Waals surface area contributed by atoms with Crippen molar-refractivity contribution in [1.29, 1.82) is 0 Å². The highest BCUT2D eigenvalue weighted by atomic mass is 35.7. The van der Waals surface area contributed by atoms with Crippen LogP contribution in [-0.2, 0) is 13.8 Å². The summed E-state index contributed by atoms with van der Waals surface area (Å²) in [5.74, 6) is -1.60. The van der Waals surface area contributed by atoms with Gasteiger partial charge in [0.2, 0.25) is 0 Å². The molecule has 1 aromatic carbocycles. The molecule has 0 aliphatic carbocycles. The molecule has 8 heteroatoms. The average Bonchev–Trinajstić information content (AvgIpc) is 2.35. The zero-order chi connectivity index (χ0) is 15.3. The lowest BCUT2D eigenvalue weighted by molar-refractivity contribution is 0.0693. The van der Waals surface area contributed by atoms with Crippen molar-refractivity contribution in [2.24, 2.45) is 0 Å². The topological polar surface area (TPSA) is 72.5 Å². The third kappa shape index (κ3) is 4.73. The number of carbonyl (C=O) groups excluding carboxylic acids is 1. The summed E-state index contributed by atoms with van der Waals surface area (Å²) in [6.45, 7) is 4.32. The molecular formula is C12H15ClFNO4S. The molecule has 0 heterocycles. The van der Waals surface area contributed by atoms with E-state index in [0.717, 1.165) is 12.1 Å². The normalized spacial score (nSPS) is 13.0. The summed E-state index contributed by atoms with van der Waals surface area (Å²) in [6, 6.07) is 2.86. The first kappa shape index (κ1) is 16.9. The van der Waals surface area contributed by atoms with Gasteiger partial charge < -0.3 is 10.1 Å². The molecule has 1 aromatic rings. The zero-order valence-electron chi connectivity index (χ0n) is 11.0. The lowest BCUT2D eigenvalue weighted by Gasteiger charge is -2.13. The van der Waals surface area contributed by atoms with Gasteiger partial charge in [-0.15, -0.1) is 0 Å². The molecule has 1 N–H and O–H groups in total. The van der Waals surface area contributed by atoms with E-state index in [-0.39, 0.29) is 18.2 Å². The maximum absolute atomic E-state index is 13.7. The largest absolute Gasteiger partial charge is 0.377 e. The molecule has 0 aromatic heterocycles. The zero-order valence-corrected chi connectivity index (χ0v) is 12.6. The predicted molar refractivity (Wildman–Crippen MR) is 72.9 cm³/mol. The summed E-state index contributed by atoms with van der Waals surface area (Å²) < 4.78 is 41.0. The molecule has 1 rings (SSSR count). The van der Waals surface area contributed by atoms with E-state index in [1.807, 2.05) is 6.92 Å². The molecule has 112 valence electrons. The monoisotopic (exact) mass is 323 g/mol. The van der Waals surface area contributed by atoms with E-state index in [0.29, 0.717) is 12.7 Å². The van der Waals surface area contributed by atoms with E-state index < -0.39 is 25.7 Å². The summed E-state index contributed by atoms with van der Waals surface area (Å²) in [5, 5.41) is 2.50. The fourth-order valence-corrected chi connectivity index (χ4v) is 2.27. The second kappa shape index (κ2) is 7.01. The molecule has 5 nitrogen and oxygen atoms in total. The first-order chi connectivity index (χ1) is 9.25. The Morgan fingerprint density at radius 2 is 2.15 bits per heavy atom. The van der Waals surface area contributed by atoms with Crippen LogP contribution in [0, 0.1) is 5.82 Å². The highest BCUT2D eigenvalue weighted by Crippen LogP contribution is 2.18. The second-order valence-corrected chi connectivity index (χ2v) is 6.62. The first-order valence-corrected chi connectivity index (χ1v) is 8.20. The Labute approximate surface area is 121 Å². The van der Waals surface area contributed by atoms with Crippen LogP contribution < -0.4 is 5.32 Å². The van der Waals surface area contributed by atoms with Crippen molar-refractivity contribution < 1.29 is 22.3 Å². The molecule has 0 radical (unpaired) electrons. The maximum Gasteiger partial charge on any atom is 0.261 e. The molecule has 0 aliphatic rings. The van der Waals surface area contributed by atoms with Gasteiger partial charge in [0.1, 0.15) is 5.82 Å². The van der Waals surface area contributed by atoms with Gasteiger partial charge in [-0.3, -0.25) is 4.79 Å². The number of ether oxygens (including phenoxy) is 1. The van der Waals surface area contributed by atoms with Gasteiger partial charge in [-0.25, -0.2) is 12.8 Å². The van der Waals surface area contributed by atoms with Gasteiger partial charge in [-0.2, -0.15) is 0 Å². The van der Waals surface area contributed by atoms with E-state index in [1.54, 1.807) is 6.92 Å². The molecule has 0 spiro atoms. The highest BCUT2D eigenvalue weighted by molar-refractivity contribution is 8.13. The number of benzene rings is 1. The number of halogens is 2. The Morgan fingerprint density at radius 1 is 1.50 bits per heavy atom. The number of nitrogens with one attached hydrogen (secondary N) is 1.